The topological polar surface area (TPSA) is 20.2 Å². The van der Waals surface area contributed by atoms with Crippen LogP contribution in [-0.2, 0) is 0 Å². The van der Waals surface area contributed by atoms with Crippen molar-refractivity contribution in [3.05, 3.63) is 0 Å². The van der Waals surface area contributed by atoms with Crippen LogP contribution in [0.4, 0.5) is 0 Å². The molecule has 0 unspecified atom stereocenters. The van der Waals surface area contributed by atoms with Gasteiger partial charge in [-0.25, -0.2) is 0 Å². The maximum atomic E-state index is 9.77. The van der Waals surface area contributed by atoms with Crippen LogP contribution in [0.2, 0.25) is 0 Å². The zero-order chi connectivity index (χ0) is 16.3. The Labute approximate surface area is 133 Å². The van der Waals surface area contributed by atoms with Gasteiger partial charge in [0, 0.05) is 0 Å². The summed E-state index contributed by atoms with van der Waals surface area (Å²) in [4.78, 5) is 0. The van der Waals surface area contributed by atoms with Crippen molar-refractivity contribution in [2.24, 2.45) is 17.8 Å². The Kier molecular flexibility index (Phi) is 10.9. The van der Waals surface area contributed by atoms with E-state index < -0.39 is 5.60 Å². The molecule has 0 bridgehead atoms. The van der Waals surface area contributed by atoms with Crippen molar-refractivity contribution in [3.63, 3.8) is 0 Å². The lowest BCUT2D eigenvalue weighted by Crippen LogP contribution is -2.20. The van der Waals surface area contributed by atoms with Crippen LogP contribution in [0.1, 0.15) is 92.4 Å². The third-order valence-electron chi connectivity index (χ3n) is 4.54. The Morgan fingerprint density at radius 3 is 1.71 bits per heavy atom. The number of hydrogen-bond acceptors (Lipinski definition) is 1. The van der Waals surface area contributed by atoms with E-state index in [4.69, 9.17) is 6.42 Å². The summed E-state index contributed by atoms with van der Waals surface area (Å²) in [5.41, 5.74) is -0.912. The van der Waals surface area contributed by atoms with E-state index in [1.807, 2.05) is 0 Å². The van der Waals surface area contributed by atoms with Gasteiger partial charge in [-0.05, 0) is 37.5 Å². The van der Waals surface area contributed by atoms with Gasteiger partial charge in [0.1, 0.15) is 5.60 Å². The molecule has 124 valence electrons. The smallest absolute Gasteiger partial charge is 0.122 e. The molecular formula is C20H38O. The van der Waals surface area contributed by atoms with E-state index in [2.05, 4.69) is 33.6 Å². The van der Waals surface area contributed by atoms with Crippen molar-refractivity contribution in [2.75, 3.05) is 0 Å². The Morgan fingerprint density at radius 2 is 1.29 bits per heavy atom. The van der Waals surface area contributed by atoms with Crippen LogP contribution in [0.25, 0.3) is 0 Å². The van der Waals surface area contributed by atoms with Crippen molar-refractivity contribution >= 4 is 0 Å². The highest BCUT2D eigenvalue weighted by Gasteiger charge is 2.16. The summed E-state index contributed by atoms with van der Waals surface area (Å²) >= 11 is 0. The highest BCUT2D eigenvalue weighted by atomic mass is 16.3. The molecule has 0 radical (unpaired) electrons. The standard InChI is InChI=1S/C20H38O/c1-7-20(6,21)16-10-15-19(5)14-9-13-18(4)12-8-11-17(2)3/h1,17-19,21H,8-16H2,2-6H3/t18-,19+,20+/m1/s1. The zero-order valence-electron chi connectivity index (χ0n) is 15.1. The van der Waals surface area contributed by atoms with Crippen molar-refractivity contribution in [1.29, 1.82) is 0 Å². The van der Waals surface area contributed by atoms with Crippen LogP contribution < -0.4 is 0 Å². The Bertz CT molecular complexity index is 285. The number of terminal acetylenes is 1. The first-order valence-corrected chi connectivity index (χ1v) is 8.97. The first-order chi connectivity index (χ1) is 9.76. The highest BCUT2D eigenvalue weighted by molar-refractivity contribution is 5.03. The van der Waals surface area contributed by atoms with Gasteiger partial charge < -0.3 is 5.11 Å². The van der Waals surface area contributed by atoms with E-state index in [1.54, 1.807) is 6.92 Å². The third-order valence-corrected chi connectivity index (χ3v) is 4.54. The molecule has 0 rings (SSSR count). The largest absolute Gasteiger partial charge is 0.378 e. The number of hydrogen-bond donors (Lipinski definition) is 1. The fourth-order valence-corrected chi connectivity index (χ4v) is 2.84. The summed E-state index contributed by atoms with van der Waals surface area (Å²) in [6, 6.07) is 0. The van der Waals surface area contributed by atoms with Gasteiger partial charge in [0.2, 0.25) is 0 Å². The summed E-state index contributed by atoms with van der Waals surface area (Å²) in [6.07, 6.45) is 16.4. The summed E-state index contributed by atoms with van der Waals surface area (Å²) in [6.45, 7) is 11.1. The fourth-order valence-electron chi connectivity index (χ4n) is 2.84. The van der Waals surface area contributed by atoms with Crippen molar-refractivity contribution in [3.8, 4) is 12.3 Å². The maximum Gasteiger partial charge on any atom is 0.122 e. The van der Waals surface area contributed by atoms with E-state index >= 15 is 0 Å². The molecular weight excluding hydrogens is 256 g/mol. The minimum Gasteiger partial charge on any atom is -0.378 e. The summed E-state index contributed by atoms with van der Waals surface area (Å²) in [7, 11) is 0. The quantitative estimate of drug-likeness (QED) is 0.450. The van der Waals surface area contributed by atoms with E-state index in [9.17, 15) is 5.11 Å². The van der Waals surface area contributed by atoms with Gasteiger partial charge in [-0.1, -0.05) is 78.6 Å². The highest BCUT2D eigenvalue weighted by Crippen LogP contribution is 2.22. The molecule has 21 heavy (non-hydrogen) atoms. The van der Waals surface area contributed by atoms with Gasteiger partial charge in [-0.2, -0.15) is 0 Å². The van der Waals surface area contributed by atoms with Crippen molar-refractivity contribution in [1.82, 2.24) is 0 Å². The SMILES string of the molecule is C#C[C@](C)(O)CCC[C@@H](C)CCC[C@H](C)CCCC(C)C. The predicted molar refractivity (Wildman–Crippen MR) is 94.2 cm³/mol. The van der Waals surface area contributed by atoms with Gasteiger partial charge >= 0.3 is 0 Å². The van der Waals surface area contributed by atoms with E-state index in [1.165, 1.54) is 44.9 Å². The molecule has 1 N–H and O–H groups in total. The lowest BCUT2D eigenvalue weighted by molar-refractivity contribution is 0.107. The second-order valence-electron chi connectivity index (χ2n) is 7.78. The summed E-state index contributed by atoms with van der Waals surface area (Å²) in [5.74, 6) is 4.93. The van der Waals surface area contributed by atoms with Crippen LogP contribution in [0.5, 0.6) is 0 Å². The molecule has 0 fully saturated rings. The summed E-state index contributed by atoms with van der Waals surface area (Å²) < 4.78 is 0. The van der Waals surface area contributed by atoms with Crippen LogP contribution in [0.3, 0.4) is 0 Å². The fraction of sp³-hybridized carbons (Fsp3) is 0.900. The lowest BCUT2D eigenvalue weighted by Gasteiger charge is -2.18. The monoisotopic (exact) mass is 294 g/mol. The van der Waals surface area contributed by atoms with Crippen molar-refractivity contribution < 1.29 is 5.11 Å². The first-order valence-electron chi connectivity index (χ1n) is 8.97. The van der Waals surface area contributed by atoms with E-state index in [-0.39, 0.29) is 0 Å². The Balaban J connectivity index is 3.57. The van der Waals surface area contributed by atoms with Crippen molar-refractivity contribution in [2.45, 2.75) is 98.0 Å². The van der Waals surface area contributed by atoms with Crippen LogP contribution in [0, 0.1) is 30.1 Å². The third kappa shape index (κ3) is 12.9. The lowest BCUT2D eigenvalue weighted by atomic mass is 9.90. The second-order valence-corrected chi connectivity index (χ2v) is 7.78. The minimum absolute atomic E-state index is 0.722. The van der Waals surface area contributed by atoms with Gasteiger partial charge in [0.15, 0.2) is 0 Å². The maximum absolute atomic E-state index is 9.77. The molecule has 3 atom stereocenters. The van der Waals surface area contributed by atoms with Crippen LogP contribution >= 0.6 is 0 Å². The van der Waals surface area contributed by atoms with Crippen LogP contribution in [-0.4, -0.2) is 10.7 Å². The Morgan fingerprint density at radius 1 is 0.857 bits per heavy atom. The molecule has 0 aliphatic carbocycles. The molecule has 0 aromatic rings. The van der Waals surface area contributed by atoms with Gasteiger partial charge in [-0.3, -0.25) is 0 Å². The molecule has 0 saturated heterocycles. The van der Waals surface area contributed by atoms with Gasteiger partial charge in [0.25, 0.3) is 0 Å². The van der Waals surface area contributed by atoms with Crippen LogP contribution in [0.15, 0.2) is 0 Å². The average molecular weight is 295 g/mol. The zero-order valence-corrected chi connectivity index (χ0v) is 15.1. The molecule has 1 nitrogen and oxygen atoms in total. The molecule has 0 aromatic heterocycles. The normalized spacial score (nSPS) is 17.2. The van der Waals surface area contributed by atoms with E-state index in [0.717, 1.165) is 30.6 Å². The molecule has 0 aliphatic rings. The average Bonchev–Trinajstić information content (AvgIpc) is 2.38. The minimum atomic E-state index is -0.912. The number of aliphatic hydroxyl groups is 1. The van der Waals surface area contributed by atoms with Gasteiger partial charge in [-0.15, -0.1) is 6.42 Å². The summed E-state index contributed by atoms with van der Waals surface area (Å²) in [5, 5.41) is 9.77. The molecule has 0 aliphatic heterocycles. The second kappa shape index (κ2) is 11.1. The molecule has 0 heterocycles. The number of rotatable bonds is 12. The Hall–Kier alpha value is -0.480. The molecule has 0 amide bonds. The van der Waals surface area contributed by atoms with Gasteiger partial charge in [0.05, 0.1) is 0 Å². The predicted octanol–water partition coefficient (Wildman–Crippen LogP) is 5.81. The van der Waals surface area contributed by atoms with E-state index in [0.29, 0.717) is 0 Å². The molecule has 1 heteroatoms. The molecule has 0 spiro atoms. The first kappa shape index (κ1) is 20.5. The molecule has 0 aromatic carbocycles. The molecule has 0 saturated carbocycles.